The number of hydrogen-bond acceptors (Lipinski definition) is 4. The van der Waals surface area contributed by atoms with Crippen LogP contribution in [0.4, 0.5) is 5.69 Å². The van der Waals surface area contributed by atoms with E-state index >= 15 is 0 Å². The third-order valence-electron chi connectivity index (χ3n) is 5.61. The molecule has 2 amide bonds. The smallest absolute Gasteiger partial charge is 0.244 e. The van der Waals surface area contributed by atoms with Gasteiger partial charge in [0.25, 0.3) is 0 Å². The predicted molar refractivity (Wildman–Crippen MR) is 137 cm³/mol. The molecule has 0 fully saturated rings. The van der Waals surface area contributed by atoms with E-state index < -0.39 is 22.0 Å². The number of carbonyl (C=O) groups excluding carboxylic acids is 2. The number of hydrogen-bond donors (Lipinski definition) is 1. The normalized spacial score (nSPS) is 12.5. The first-order chi connectivity index (χ1) is 15.9. The summed E-state index contributed by atoms with van der Waals surface area (Å²) in [5, 5.41) is 2.84. The number of sulfonamides is 1. The maximum absolute atomic E-state index is 13.4. The van der Waals surface area contributed by atoms with Gasteiger partial charge >= 0.3 is 0 Å². The van der Waals surface area contributed by atoms with Crippen molar-refractivity contribution < 1.29 is 18.0 Å². The lowest BCUT2D eigenvalue weighted by atomic mass is 10.0. The summed E-state index contributed by atoms with van der Waals surface area (Å²) in [4.78, 5) is 27.6. The highest BCUT2D eigenvalue weighted by atomic mass is 32.2. The van der Waals surface area contributed by atoms with Crippen molar-refractivity contribution in [3.05, 3.63) is 65.7 Å². The van der Waals surface area contributed by atoms with Gasteiger partial charge in [-0.1, -0.05) is 56.3 Å². The fraction of sp³-hybridized carbons (Fsp3) is 0.462. The Labute approximate surface area is 204 Å². The van der Waals surface area contributed by atoms with Crippen LogP contribution in [0, 0.1) is 0 Å². The lowest BCUT2D eigenvalue weighted by Crippen LogP contribution is -2.53. The van der Waals surface area contributed by atoms with Gasteiger partial charge in [0.05, 0.1) is 11.9 Å². The van der Waals surface area contributed by atoms with Gasteiger partial charge in [-0.25, -0.2) is 8.42 Å². The molecule has 7 nitrogen and oxygen atoms in total. The first kappa shape index (κ1) is 27.4. The molecule has 0 unspecified atom stereocenters. The first-order valence-corrected chi connectivity index (χ1v) is 13.5. The molecule has 186 valence electrons. The SMILES string of the molecule is CC(C)NC(=O)[C@H](C)N(CCc1ccccc1)C(=O)CN(c1ccc(C(C)C)cc1)S(C)(=O)=O. The summed E-state index contributed by atoms with van der Waals surface area (Å²) in [5.74, 6) is -0.402. The number of carbonyl (C=O) groups is 2. The average molecular weight is 488 g/mol. The van der Waals surface area contributed by atoms with Crippen molar-refractivity contribution >= 4 is 27.5 Å². The Kier molecular flexibility index (Phi) is 9.67. The number of rotatable bonds is 11. The monoisotopic (exact) mass is 487 g/mol. The van der Waals surface area contributed by atoms with Gasteiger partial charge in [0.15, 0.2) is 0 Å². The summed E-state index contributed by atoms with van der Waals surface area (Å²) in [7, 11) is -3.73. The highest BCUT2D eigenvalue weighted by Gasteiger charge is 2.30. The van der Waals surface area contributed by atoms with Crippen LogP contribution in [0.5, 0.6) is 0 Å². The minimum atomic E-state index is -3.73. The second-order valence-corrected chi connectivity index (χ2v) is 11.1. The summed E-state index contributed by atoms with van der Waals surface area (Å²) < 4.78 is 26.3. The van der Waals surface area contributed by atoms with Gasteiger partial charge < -0.3 is 10.2 Å². The highest BCUT2D eigenvalue weighted by Crippen LogP contribution is 2.22. The van der Waals surface area contributed by atoms with Gasteiger partial charge in [0.1, 0.15) is 12.6 Å². The maximum Gasteiger partial charge on any atom is 0.244 e. The molecule has 2 aromatic rings. The quantitative estimate of drug-likeness (QED) is 0.525. The van der Waals surface area contributed by atoms with E-state index in [-0.39, 0.29) is 18.5 Å². The standard InChI is InChI=1S/C26H37N3O4S/c1-19(2)23-12-14-24(15-13-23)29(34(6,32)33)18-25(30)28(21(5)26(31)27-20(3)4)17-16-22-10-8-7-9-11-22/h7-15,19-21H,16-18H2,1-6H3,(H,27,31)/t21-/m0/s1. The summed E-state index contributed by atoms with van der Waals surface area (Å²) in [5.41, 5.74) is 2.52. The molecule has 0 saturated carbocycles. The molecule has 2 rings (SSSR count). The molecule has 2 aromatic carbocycles. The molecule has 0 aliphatic heterocycles. The first-order valence-electron chi connectivity index (χ1n) is 11.6. The van der Waals surface area contributed by atoms with Crippen LogP contribution in [-0.4, -0.2) is 56.6 Å². The van der Waals surface area contributed by atoms with Crippen molar-refractivity contribution in [3.8, 4) is 0 Å². The van der Waals surface area contributed by atoms with Crippen LogP contribution in [-0.2, 0) is 26.0 Å². The van der Waals surface area contributed by atoms with E-state index in [1.54, 1.807) is 19.1 Å². The molecular formula is C26H37N3O4S. The van der Waals surface area contributed by atoms with Gasteiger partial charge in [-0.3, -0.25) is 13.9 Å². The third-order valence-corrected chi connectivity index (χ3v) is 6.75. The van der Waals surface area contributed by atoms with Crippen molar-refractivity contribution in [2.24, 2.45) is 0 Å². The van der Waals surface area contributed by atoms with E-state index in [9.17, 15) is 18.0 Å². The third kappa shape index (κ3) is 7.87. The Morgan fingerprint density at radius 2 is 1.50 bits per heavy atom. The van der Waals surface area contributed by atoms with Crippen LogP contribution < -0.4 is 9.62 Å². The van der Waals surface area contributed by atoms with Crippen molar-refractivity contribution in [2.75, 3.05) is 23.7 Å². The van der Waals surface area contributed by atoms with E-state index in [1.165, 1.54) is 4.90 Å². The number of nitrogens with zero attached hydrogens (tertiary/aromatic N) is 2. The summed E-state index contributed by atoms with van der Waals surface area (Å²) in [6.07, 6.45) is 1.63. The van der Waals surface area contributed by atoms with E-state index in [4.69, 9.17) is 0 Å². The Hall–Kier alpha value is -2.87. The minimum Gasteiger partial charge on any atom is -0.352 e. The molecule has 0 bridgehead atoms. The van der Waals surface area contributed by atoms with E-state index in [2.05, 4.69) is 19.2 Å². The summed E-state index contributed by atoms with van der Waals surface area (Å²) in [6, 6.07) is 16.0. The van der Waals surface area contributed by atoms with Crippen LogP contribution in [0.2, 0.25) is 0 Å². The number of amides is 2. The molecule has 0 spiro atoms. The van der Waals surface area contributed by atoms with Gasteiger partial charge in [0.2, 0.25) is 21.8 Å². The minimum absolute atomic E-state index is 0.0759. The lowest BCUT2D eigenvalue weighted by molar-refractivity contribution is -0.139. The summed E-state index contributed by atoms with van der Waals surface area (Å²) in [6.45, 7) is 9.40. The molecule has 0 aromatic heterocycles. The molecule has 0 aliphatic rings. The van der Waals surface area contributed by atoms with Crippen LogP contribution in [0.3, 0.4) is 0 Å². The van der Waals surface area contributed by atoms with E-state index in [0.29, 0.717) is 24.6 Å². The van der Waals surface area contributed by atoms with Crippen LogP contribution >= 0.6 is 0 Å². The van der Waals surface area contributed by atoms with Crippen molar-refractivity contribution in [2.45, 2.75) is 59.0 Å². The average Bonchev–Trinajstić information content (AvgIpc) is 2.77. The zero-order chi connectivity index (χ0) is 25.5. The molecule has 0 heterocycles. The largest absolute Gasteiger partial charge is 0.352 e. The molecule has 34 heavy (non-hydrogen) atoms. The second kappa shape index (κ2) is 12.0. The fourth-order valence-corrected chi connectivity index (χ4v) is 4.46. The van der Waals surface area contributed by atoms with Gasteiger partial charge in [-0.05, 0) is 56.4 Å². The Bertz CT molecular complexity index is 1050. The molecule has 1 N–H and O–H groups in total. The topological polar surface area (TPSA) is 86.8 Å². The zero-order valence-electron chi connectivity index (χ0n) is 21.0. The van der Waals surface area contributed by atoms with Crippen molar-refractivity contribution in [3.63, 3.8) is 0 Å². The molecule has 8 heteroatoms. The van der Waals surface area contributed by atoms with Gasteiger partial charge in [0, 0.05) is 12.6 Å². The Morgan fingerprint density at radius 3 is 2.00 bits per heavy atom. The van der Waals surface area contributed by atoms with Crippen molar-refractivity contribution in [1.29, 1.82) is 0 Å². The van der Waals surface area contributed by atoms with Crippen molar-refractivity contribution in [1.82, 2.24) is 10.2 Å². The molecule has 0 aliphatic carbocycles. The Morgan fingerprint density at radius 1 is 0.912 bits per heavy atom. The zero-order valence-corrected chi connectivity index (χ0v) is 21.8. The maximum atomic E-state index is 13.4. The molecular weight excluding hydrogens is 450 g/mol. The molecule has 1 atom stereocenters. The Balaban J connectivity index is 2.31. The predicted octanol–water partition coefficient (Wildman–Crippen LogP) is 3.56. The number of benzene rings is 2. The van der Waals surface area contributed by atoms with Gasteiger partial charge in [-0.15, -0.1) is 0 Å². The molecule has 0 saturated heterocycles. The number of anilines is 1. The highest BCUT2D eigenvalue weighted by molar-refractivity contribution is 7.92. The van der Waals surface area contributed by atoms with Crippen LogP contribution in [0.15, 0.2) is 54.6 Å². The van der Waals surface area contributed by atoms with E-state index in [1.807, 2.05) is 56.3 Å². The number of nitrogens with one attached hydrogen (secondary N) is 1. The van der Waals surface area contributed by atoms with E-state index in [0.717, 1.165) is 21.7 Å². The summed E-state index contributed by atoms with van der Waals surface area (Å²) >= 11 is 0. The van der Waals surface area contributed by atoms with Crippen LogP contribution in [0.1, 0.15) is 51.7 Å². The van der Waals surface area contributed by atoms with Gasteiger partial charge in [-0.2, -0.15) is 0 Å². The fourth-order valence-electron chi connectivity index (χ4n) is 3.61. The molecule has 0 radical (unpaired) electrons. The second-order valence-electron chi connectivity index (χ2n) is 9.18. The van der Waals surface area contributed by atoms with Crippen LogP contribution in [0.25, 0.3) is 0 Å². The lowest BCUT2D eigenvalue weighted by Gasteiger charge is -2.32.